The summed E-state index contributed by atoms with van der Waals surface area (Å²) in [4.78, 5) is 0. The molecule has 1 nitrogen and oxygen atoms in total. The van der Waals surface area contributed by atoms with Crippen molar-refractivity contribution in [2.45, 2.75) is 59.9 Å². The Morgan fingerprint density at radius 2 is 2.05 bits per heavy atom. The maximum atomic E-state index is 3.76. The van der Waals surface area contributed by atoms with Gasteiger partial charge in [-0.25, -0.2) is 0 Å². The SMILES string of the molecule is CCNC(c1ccc(C)cc1C)C1CCCC1(C)C. The maximum absolute atomic E-state index is 3.76. The second-order valence-corrected chi connectivity index (χ2v) is 6.88. The summed E-state index contributed by atoms with van der Waals surface area (Å²) in [6, 6.07) is 7.44. The molecule has 0 radical (unpaired) electrons. The molecule has 2 atom stereocenters. The summed E-state index contributed by atoms with van der Waals surface area (Å²) in [5.74, 6) is 0.758. The van der Waals surface area contributed by atoms with Crippen molar-refractivity contribution in [3.05, 3.63) is 34.9 Å². The van der Waals surface area contributed by atoms with E-state index in [1.807, 2.05) is 0 Å². The van der Waals surface area contributed by atoms with E-state index in [4.69, 9.17) is 0 Å². The molecular weight excluding hydrogens is 230 g/mol. The van der Waals surface area contributed by atoms with Crippen molar-refractivity contribution in [3.8, 4) is 0 Å². The molecule has 0 bridgehead atoms. The summed E-state index contributed by atoms with van der Waals surface area (Å²) in [6.07, 6.45) is 4.10. The molecule has 1 aromatic carbocycles. The topological polar surface area (TPSA) is 12.0 Å². The average molecular weight is 259 g/mol. The molecule has 0 spiro atoms. The molecule has 0 heterocycles. The zero-order valence-electron chi connectivity index (χ0n) is 13.2. The molecule has 1 heteroatoms. The van der Waals surface area contributed by atoms with Crippen LogP contribution in [0, 0.1) is 25.2 Å². The third-order valence-electron chi connectivity index (χ3n) is 4.93. The molecular formula is C18H29N. The van der Waals surface area contributed by atoms with Gasteiger partial charge in [0.1, 0.15) is 0 Å². The molecule has 1 aliphatic rings. The maximum Gasteiger partial charge on any atom is 0.0356 e. The van der Waals surface area contributed by atoms with E-state index < -0.39 is 0 Å². The molecule has 1 fully saturated rings. The van der Waals surface area contributed by atoms with Crippen molar-refractivity contribution in [1.82, 2.24) is 5.32 Å². The van der Waals surface area contributed by atoms with Gasteiger partial charge in [-0.3, -0.25) is 0 Å². The van der Waals surface area contributed by atoms with Gasteiger partial charge in [0.25, 0.3) is 0 Å². The molecule has 2 rings (SSSR count). The van der Waals surface area contributed by atoms with Crippen LogP contribution >= 0.6 is 0 Å². The second kappa shape index (κ2) is 5.66. The summed E-state index contributed by atoms with van der Waals surface area (Å²) in [7, 11) is 0. The highest BCUT2D eigenvalue weighted by Crippen LogP contribution is 2.49. The van der Waals surface area contributed by atoms with Crippen LogP contribution in [0.25, 0.3) is 0 Å². The van der Waals surface area contributed by atoms with Crippen molar-refractivity contribution in [2.24, 2.45) is 11.3 Å². The van der Waals surface area contributed by atoms with Gasteiger partial charge in [-0.1, -0.05) is 51.0 Å². The van der Waals surface area contributed by atoms with Crippen LogP contribution in [-0.2, 0) is 0 Å². The standard InChI is InChI=1S/C18H29N/c1-6-19-17(16-8-7-11-18(16,4)5)15-10-9-13(2)12-14(15)3/h9-10,12,16-17,19H,6-8,11H2,1-5H3. The van der Waals surface area contributed by atoms with Crippen LogP contribution in [0.4, 0.5) is 0 Å². The molecule has 0 saturated heterocycles. The van der Waals surface area contributed by atoms with E-state index in [0.717, 1.165) is 12.5 Å². The summed E-state index contributed by atoms with van der Waals surface area (Å²) in [5, 5.41) is 3.76. The molecule has 1 saturated carbocycles. The first-order valence-corrected chi connectivity index (χ1v) is 7.76. The van der Waals surface area contributed by atoms with Gasteiger partial charge in [0.2, 0.25) is 0 Å². The van der Waals surface area contributed by atoms with Gasteiger partial charge in [-0.2, -0.15) is 0 Å². The van der Waals surface area contributed by atoms with Crippen LogP contribution in [0.2, 0.25) is 0 Å². The van der Waals surface area contributed by atoms with Crippen molar-refractivity contribution in [1.29, 1.82) is 0 Å². The van der Waals surface area contributed by atoms with E-state index in [0.29, 0.717) is 11.5 Å². The Bertz CT molecular complexity index is 433. The molecule has 2 unspecified atom stereocenters. The second-order valence-electron chi connectivity index (χ2n) is 6.88. The Morgan fingerprint density at radius 3 is 2.58 bits per heavy atom. The monoisotopic (exact) mass is 259 g/mol. The smallest absolute Gasteiger partial charge is 0.0356 e. The molecule has 1 aromatic rings. The molecule has 0 aliphatic heterocycles. The van der Waals surface area contributed by atoms with E-state index in [9.17, 15) is 0 Å². The van der Waals surface area contributed by atoms with Gasteiger partial charge in [0.15, 0.2) is 0 Å². The van der Waals surface area contributed by atoms with Gasteiger partial charge in [0, 0.05) is 6.04 Å². The van der Waals surface area contributed by atoms with Crippen molar-refractivity contribution >= 4 is 0 Å². The number of aryl methyl sites for hydroxylation is 2. The molecule has 0 amide bonds. The largest absolute Gasteiger partial charge is 0.310 e. The third kappa shape index (κ3) is 3.02. The Kier molecular flexibility index (Phi) is 4.35. The van der Waals surface area contributed by atoms with Crippen LogP contribution in [0.5, 0.6) is 0 Å². The van der Waals surface area contributed by atoms with E-state index in [1.54, 1.807) is 0 Å². The quantitative estimate of drug-likeness (QED) is 0.820. The number of rotatable bonds is 4. The predicted molar refractivity (Wildman–Crippen MR) is 83.5 cm³/mol. The number of hydrogen-bond acceptors (Lipinski definition) is 1. The van der Waals surface area contributed by atoms with Gasteiger partial charge in [-0.15, -0.1) is 0 Å². The Morgan fingerprint density at radius 1 is 1.32 bits per heavy atom. The molecule has 106 valence electrons. The van der Waals surface area contributed by atoms with Gasteiger partial charge < -0.3 is 5.32 Å². The minimum absolute atomic E-state index is 0.462. The molecule has 19 heavy (non-hydrogen) atoms. The summed E-state index contributed by atoms with van der Waals surface area (Å²) in [5.41, 5.74) is 4.77. The van der Waals surface area contributed by atoms with Crippen molar-refractivity contribution in [2.75, 3.05) is 6.54 Å². The predicted octanol–water partition coefficient (Wildman–Crippen LogP) is 4.78. The van der Waals surface area contributed by atoms with Crippen LogP contribution in [-0.4, -0.2) is 6.54 Å². The minimum atomic E-state index is 0.462. The lowest BCUT2D eigenvalue weighted by atomic mass is 9.74. The first-order chi connectivity index (χ1) is 8.95. The highest BCUT2D eigenvalue weighted by Gasteiger charge is 2.40. The number of nitrogens with one attached hydrogen (secondary N) is 1. The van der Waals surface area contributed by atoms with Gasteiger partial charge in [-0.05, 0) is 55.7 Å². The van der Waals surface area contributed by atoms with E-state index >= 15 is 0 Å². The Hall–Kier alpha value is -0.820. The summed E-state index contributed by atoms with van der Waals surface area (Å²) < 4.78 is 0. The first kappa shape index (κ1) is 14.6. The minimum Gasteiger partial charge on any atom is -0.310 e. The molecule has 1 N–H and O–H groups in total. The van der Waals surface area contributed by atoms with Gasteiger partial charge in [0.05, 0.1) is 0 Å². The van der Waals surface area contributed by atoms with Crippen molar-refractivity contribution in [3.63, 3.8) is 0 Å². The van der Waals surface area contributed by atoms with Gasteiger partial charge >= 0.3 is 0 Å². The van der Waals surface area contributed by atoms with Crippen LogP contribution in [0.3, 0.4) is 0 Å². The highest BCUT2D eigenvalue weighted by atomic mass is 14.9. The third-order valence-corrected chi connectivity index (χ3v) is 4.93. The molecule has 1 aliphatic carbocycles. The summed E-state index contributed by atoms with van der Waals surface area (Å²) >= 11 is 0. The number of hydrogen-bond donors (Lipinski definition) is 1. The van der Waals surface area contributed by atoms with E-state index in [1.165, 1.54) is 36.0 Å². The zero-order valence-corrected chi connectivity index (χ0v) is 13.2. The lowest BCUT2D eigenvalue weighted by Crippen LogP contribution is -2.34. The van der Waals surface area contributed by atoms with E-state index in [2.05, 4.69) is 58.1 Å². The lowest BCUT2D eigenvalue weighted by Gasteiger charge is -2.36. The van der Waals surface area contributed by atoms with Crippen molar-refractivity contribution < 1.29 is 0 Å². The first-order valence-electron chi connectivity index (χ1n) is 7.76. The average Bonchev–Trinajstić information content (AvgIpc) is 2.67. The van der Waals surface area contributed by atoms with E-state index in [-0.39, 0.29) is 0 Å². The lowest BCUT2D eigenvalue weighted by molar-refractivity contribution is 0.199. The fraction of sp³-hybridized carbons (Fsp3) is 0.667. The van der Waals surface area contributed by atoms with Crippen LogP contribution in [0.15, 0.2) is 18.2 Å². The summed E-state index contributed by atoms with van der Waals surface area (Å²) in [6.45, 7) is 12.6. The Balaban J connectivity index is 2.34. The normalized spacial score (nSPS) is 23.5. The number of benzene rings is 1. The fourth-order valence-electron chi connectivity index (χ4n) is 3.84. The zero-order chi connectivity index (χ0) is 14.0. The Labute approximate surface area is 118 Å². The highest BCUT2D eigenvalue weighted by molar-refractivity contribution is 5.33. The fourth-order valence-corrected chi connectivity index (χ4v) is 3.84. The van der Waals surface area contributed by atoms with Crippen LogP contribution in [0.1, 0.15) is 62.8 Å². The molecule has 0 aromatic heterocycles. The van der Waals surface area contributed by atoms with Crippen LogP contribution < -0.4 is 5.32 Å².